The quantitative estimate of drug-likeness (QED) is 0.731. The first kappa shape index (κ1) is 16.6. The van der Waals surface area contributed by atoms with Gasteiger partial charge in [-0.25, -0.2) is 0 Å². The van der Waals surface area contributed by atoms with Crippen molar-refractivity contribution in [1.29, 1.82) is 0 Å². The number of primary amides is 1. The topological polar surface area (TPSA) is 100 Å². The van der Waals surface area contributed by atoms with E-state index in [0.29, 0.717) is 30.9 Å². The van der Waals surface area contributed by atoms with Crippen molar-refractivity contribution >= 4 is 5.91 Å². The molecule has 3 rings (SSSR count). The van der Waals surface area contributed by atoms with Gasteiger partial charge in [0, 0.05) is 18.9 Å². The Balaban J connectivity index is 1.73. The summed E-state index contributed by atoms with van der Waals surface area (Å²) in [4.78, 5) is 11.5. The Morgan fingerprint density at radius 2 is 2.12 bits per heavy atom. The molecule has 2 aliphatic heterocycles. The molecule has 3 N–H and O–H groups in total. The number of amides is 1. The first-order valence-corrected chi connectivity index (χ1v) is 7.97. The minimum Gasteiger partial charge on any atom is -0.459 e. The van der Waals surface area contributed by atoms with Crippen LogP contribution in [0.2, 0.25) is 0 Å². The third kappa shape index (κ3) is 3.80. The van der Waals surface area contributed by atoms with Crippen LogP contribution in [0.5, 0.6) is 11.5 Å². The zero-order valence-electron chi connectivity index (χ0n) is 13.3. The Morgan fingerprint density at radius 3 is 2.92 bits per heavy atom. The van der Waals surface area contributed by atoms with E-state index in [1.807, 2.05) is 18.2 Å². The predicted octanol–water partition coefficient (Wildman–Crippen LogP) is 1.40. The minimum absolute atomic E-state index is 0.0707. The van der Waals surface area contributed by atoms with Gasteiger partial charge in [-0.3, -0.25) is 4.79 Å². The number of carbonyl (C=O) groups is 1. The maximum Gasteiger partial charge on any atom is 0.283 e. The normalized spacial score (nSPS) is 22.0. The number of benzene rings is 1. The van der Waals surface area contributed by atoms with Crippen molar-refractivity contribution in [3.8, 4) is 11.5 Å². The van der Waals surface area contributed by atoms with Crippen molar-refractivity contribution in [2.24, 2.45) is 5.73 Å². The fourth-order valence-corrected chi connectivity index (χ4v) is 2.73. The maximum atomic E-state index is 11.5. The lowest BCUT2D eigenvalue weighted by molar-refractivity contribution is -0.144. The molecule has 130 valence electrons. The number of unbranched alkanes of at least 4 members (excludes halogenated alkanes) is 1. The van der Waals surface area contributed by atoms with E-state index >= 15 is 0 Å². The van der Waals surface area contributed by atoms with Crippen LogP contribution in [0.1, 0.15) is 30.7 Å². The van der Waals surface area contributed by atoms with Crippen LogP contribution in [0.15, 0.2) is 30.0 Å². The summed E-state index contributed by atoms with van der Waals surface area (Å²) in [5, 5.41) is 8.81. The van der Waals surface area contributed by atoms with Crippen LogP contribution in [-0.2, 0) is 14.3 Å². The molecule has 2 aliphatic rings. The molecule has 0 bridgehead atoms. The minimum atomic E-state index is -0.621. The summed E-state index contributed by atoms with van der Waals surface area (Å²) in [6.07, 6.45) is 3.12. The van der Waals surface area contributed by atoms with Crippen LogP contribution in [0, 0.1) is 0 Å². The number of ether oxygens (including phenoxy) is 4. The molecule has 0 saturated heterocycles. The smallest absolute Gasteiger partial charge is 0.283 e. The highest BCUT2D eigenvalue weighted by Gasteiger charge is 2.28. The van der Waals surface area contributed by atoms with Crippen LogP contribution < -0.4 is 15.2 Å². The standard InChI is InChI=1S/C17H21NO6/c18-17(20)15-8-12(9-16(24-15)21-6-2-1-5-19)11-3-4-13-14(7-11)23-10-22-13/h3-4,7-8,12,16,19H,1-2,5-6,9-10H2,(H2,18,20)/t12-,16+/m1/s1. The highest BCUT2D eigenvalue weighted by atomic mass is 16.7. The number of fused-ring (bicyclic) bond motifs is 1. The highest BCUT2D eigenvalue weighted by molar-refractivity contribution is 5.90. The molecule has 7 heteroatoms. The van der Waals surface area contributed by atoms with E-state index < -0.39 is 12.2 Å². The summed E-state index contributed by atoms with van der Waals surface area (Å²) in [5.74, 6) is 0.814. The van der Waals surface area contributed by atoms with E-state index in [9.17, 15) is 4.79 Å². The molecular weight excluding hydrogens is 314 g/mol. The highest BCUT2D eigenvalue weighted by Crippen LogP contribution is 2.38. The zero-order valence-corrected chi connectivity index (χ0v) is 13.3. The Labute approximate surface area is 139 Å². The van der Waals surface area contributed by atoms with Crippen molar-refractivity contribution in [1.82, 2.24) is 0 Å². The van der Waals surface area contributed by atoms with E-state index in [1.165, 1.54) is 0 Å². The summed E-state index contributed by atoms with van der Waals surface area (Å²) in [6.45, 7) is 0.789. The van der Waals surface area contributed by atoms with Crippen LogP contribution in [-0.4, -0.2) is 37.3 Å². The molecule has 2 heterocycles. The molecule has 1 amide bonds. The van der Waals surface area contributed by atoms with Gasteiger partial charge in [-0.2, -0.15) is 0 Å². The Morgan fingerprint density at radius 1 is 1.29 bits per heavy atom. The summed E-state index contributed by atoms with van der Waals surface area (Å²) in [5.41, 5.74) is 6.35. The van der Waals surface area contributed by atoms with E-state index in [-0.39, 0.29) is 25.1 Å². The molecular formula is C17H21NO6. The third-order valence-electron chi connectivity index (χ3n) is 3.98. The number of aliphatic hydroxyl groups is 1. The summed E-state index contributed by atoms with van der Waals surface area (Å²) in [7, 11) is 0. The van der Waals surface area contributed by atoms with Gasteiger partial charge >= 0.3 is 0 Å². The number of rotatable bonds is 7. The van der Waals surface area contributed by atoms with Gasteiger partial charge in [0.2, 0.25) is 13.1 Å². The van der Waals surface area contributed by atoms with Gasteiger partial charge in [0.15, 0.2) is 17.3 Å². The third-order valence-corrected chi connectivity index (χ3v) is 3.98. The van der Waals surface area contributed by atoms with Gasteiger partial charge in [0.25, 0.3) is 5.91 Å². The Hall–Kier alpha value is -2.25. The molecule has 0 aliphatic carbocycles. The van der Waals surface area contributed by atoms with Gasteiger partial charge in [-0.1, -0.05) is 6.07 Å². The molecule has 0 radical (unpaired) electrons. The van der Waals surface area contributed by atoms with Crippen LogP contribution in [0.25, 0.3) is 0 Å². The number of hydrogen-bond donors (Lipinski definition) is 2. The van der Waals surface area contributed by atoms with Crippen molar-refractivity contribution < 1.29 is 28.8 Å². The zero-order chi connectivity index (χ0) is 16.9. The lowest BCUT2D eigenvalue weighted by Gasteiger charge is -2.28. The molecule has 24 heavy (non-hydrogen) atoms. The summed E-state index contributed by atoms with van der Waals surface area (Å²) < 4.78 is 21.9. The summed E-state index contributed by atoms with van der Waals surface area (Å²) in [6, 6.07) is 5.68. The monoisotopic (exact) mass is 335 g/mol. The van der Waals surface area contributed by atoms with Gasteiger partial charge < -0.3 is 29.8 Å². The molecule has 1 aromatic carbocycles. The Kier molecular flexibility index (Phi) is 5.22. The molecule has 0 unspecified atom stereocenters. The lowest BCUT2D eigenvalue weighted by atomic mass is 9.92. The second-order valence-corrected chi connectivity index (χ2v) is 5.70. The van der Waals surface area contributed by atoms with E-state index in [0.717, 1.165) is 12.0 Å². The van der Waals surface area contributed by atoms with Gasteiger partial charge in [0.1, 0.15) is 0 Å². The number of carbonyl (C=O) groups excluding carboxylic acids is 1. The molecule has 0 fully saturated rings. The van der Waals surface area contributed by atoms with Gasteiger partial charge in [0.05, 0.1) is 6.61 Å². The molecule has 1 aromatic rings. The van der Waals surface area contributed by atoms with Crippen LogP contribution in [0.4, 0.5) is 0 Å². The molecule has 0 saturated carbocycles. The first-order valence-electron chi connectivity index (χ1n) is 7.97. The fraction of sp³-hybridized carbons (Fsp3) is 0.471. The van der Waals surface area contributed by atoms with Crippen molar-refractivity contribution in [3.05, 3.63) is 35.6 Å². The lowest BCUT2D eigenvalue weighted by Crippen LogP contribution is -2.29. The number of allylic oxidation sites excluding steroid dienone is 1. The van der Waals surface area contributed by atoms with E-state index in [2.05, 4.69) is 0 Å². The molecule has 0 aromatic heterocycles. The maximum absolute atomic E-state index is 11.5. The van der Waals surface area contributed by atoms with Crippen LogP contribution in [0.3, 0.4) is 0 Å². The largest absolute Gasteiger partial charge is 0.459 e. The molecule has 2 atom stereocenters. The second kappa shape index (κ2) is 7.55. The SMILES string of the molecule is NC(=O)C1=C[C@@H](c2ccc3c(c2)OCO3)C[C@@H](OCCCCO)O1. The van der Waals surface area contributed by atoms with Crippen molar-refractivity contribution in [2.45, 2.75) is 31.5 Å². The van der Waals surface area contributed by atoms with Crippen molar-refractivity contribution in [3.63, 3.8) is 0 Å². The van der Waals surface area contributed by atoms with E-state index in [4.69, 9.17) is 29.8 Å². The molecule has 7 nitrogen and oxygen atoms in total. The fourth-order valence-electron chi connectivity index (χ4n) is 2.73. The van der Waals surface area contributed by atoms with Gasteiger partial charge in [-0.15, -0.1) is 0 Å². The number of aliphatic hydroxyl groups excluding tert-OH is 1. The number of hydrogen-bond acceptors (Lipinski definition) is 6. The van der Waals surface area contributed by atoms with Crippen LogP contribution >= 0.6 is 0 Å². The van der Waals surface area contributed by atoms with Crippen molar-refractivity contribution in [2.75, 3.05) is 20.0 Å². The predicted molar refractivity (Wildman–Crippen MR) is 84.3 cm³/mol. The average molecular weight is 335 g/mol. The molecule has 0 spiro atoms. The van der Waals surface area contributed by atoms with Gasteiger partial charge in [-0.05, 0) is 36.6 Å². The first-order chi connectivity index (χ1) is 11.7. The number of nitrogens with two attached hydrogens (primary N) is 1. The Bertz CT molecular complexity index is 630. The summed E-state index contributed by atoms with van der Waals surface area (Å²) >= 11 is 0. The van der Waals surface area contributed by atoms with E-state index in [1.54, 1.807) is 6.08 Å². The average Bonchev–Trinajstić information content (AvgIpc) is 3.06. The second-order valence-electron chi connectivity index (χ2n) is 5.70.